The zero-order valence-electron chi connectivity index (χ0n) is 12.7. The molecule has 0 fully saturated rings. The maximum absolute atomic E-state index is 12.1. The number of hydrogen-bond acceptors (Lipinski definition) is 4. The molecule has 0 heterocycles. The van der Waals surface area contributed by atoms with E-state index in [0.717, 1.165) is 10.5 Å². The van der Waals surface area contributed by atoms with E-state index in [0.29, 0.717) is 17.3 Å². The monoisotopic (exact) mass is 384 g/mol. The van der Waals surface area contributed by atoms with E-state index < -0.39 is 10.0 Å². The van der Waals surface area contributed by atoms with Crippen LogP contribution in [0.5, 0.6) is 0 Å². The third-order valence-electron chi connectivity index (χ3n) is 3.09. The Labute approximate surface area is 150 Å². The number of carbonyl (C=O) groups is 1. The fourth-order valence-electron chi connectivity index (χ4n) is 1.95. The summed E-state index contributed by atoms with van der Waals surface area (Å²) < 4.78 is 26.7. The average molecular weight is 385 g/mol. The molecule has 3 N–H and O–H groups in total. The van der Waals surface area contributed by atoms with Crippen LogP contribution in [0.2, 0.25) is 5.02 Å². The Morgan fingerprint density at radius 1 is 1.08 bits per heavy atom. The summed E-state index contributed by atoms with van der Waals surface area (Å²) in [6, 6.07) is 13.5. The molecule has 8 heteroatoms. The summed E-state index contributed by atoms with van der Waals surface area (Å²) in [5, 5.41) is 0.490. The molecule has 5 nitrogen and oxygen atoms in total. The lowest BCUT2D eigenvalue weighted by molar-refractivity contribution is -0.117. The van der Waals surface area contributed by atoms with E-state index in [9.17, 15) is 13.2 Å². The van der Waals surface area contributed by atoms with Gasteiger partial charge >= 0.3 is 0 Å². The topological polar surface area (TPSA) is 89.3 Å². The van der Waals surface area contributed by atoms with Crippen molar-refractivity contribution in [3.8, 4) is 0 Å². The molecule has 0 aliphatic rings. The molecule has 0 aromatic heterocycles. The predicted octanol–water partition coefficient (Wildman–Crippen LogP) is 2.44. The second-order valence-electron chi connectivity index (χ2n) is 4.99. The molecule has 0 radical (unpaired) electrons. The molecule has 0 saturated carbocycles. The Bertz CT molecular complexity index is 791. The minimum Gasteiger partial charge on any atom is -0.369 e. The molecular weight excluding hydrogens is 368 g/mol. The van der Waals surface area contributed by atoms with Gasteiger partial charge in [0.25, 0.3) is 0 Å². The zero-order valence-corrected chi connectivity index (χ0v) is 15.1. The van der Waals surface area contributed by atoms with Gasteiger partial charge in [-0.15, -0.1) is 11.8 Å². The first-order valence-electron chi connectivity index (χ1n) is 7.12. The van der Waals surface area contributed by atoms with Crippen LogP contribution in [0.4, 0.5) is 0 Å². The third-order valence-corrected chi connectivity index (χ3v) is 5.83. The van der Waals surface area contributed by atoms with Crippen molar-refractivity contribution in [3.05, 3.63) is 59.1 Å². The van der Waals surface area contributed by atoms with Crippen LogP contribution in [-0.4, -0.2) is 26.6 Å². The number of hydrogen-bond donors (Lipinski definition) is 2. The lowest BCUT2D eigenvalue weighted by Gasteiger charge is -2.07. The standard InChI is InChI=1S/C16H17ClN2O3S2/c17-13-3-7-15(8-4-13)24(21,22)19-9-10-23-14-5-1-12(2-6-14)11-16(18)20/h1-8,19H,9-11H2,(H2,18,20). The normalized spacial score (nSPS) is 11.4. The molecule has 0 aliphatic heterocycles. The van der Waals surface area contributed by atoms with E-state index in [-0.39, 0.29) is 17.2 Å². The maximum Gasteiger partial charge on any atom is 0.240 e. The fraction of sp³-hybridized carbons (Fsp3) is 0.188. The van der Waals surface area contributed by atoms with Crippen molar-refractivity contribution >= 4 is 39.3 Å². The van der Waals surface area contributed by atoms with Crippen molar-refractivity contribution in [2.24, 2.45) is 5.73 Å². The molecule has 2 rings (SSSR count). The van der Waals surface area contributed by atoms with E-state index in [1.165, 1.54) is 23.9 Å². The van der Waals surface area contributed by atoms with Crippen molar-refractivity contribution in [2.75, 3.05) is 12.3 Å². The van der Waals surface area contributed by atoms with Crippen LogP contribution in [0.25, 0.3) is 0 Å². The first-order valence-corrected chi connectivity index (χ1v) is 9.97. The van der Waals surface area contributed by atoms with Gasteiger partial charge in [0, 0.05) is 22.2 Å². The number of thioether (sulfide) groups is 1. The summed E-state index contributed by atoms with van der Waals surface area (Å²) in [5.74, 6) is 0.217. The van der Waals surface area contributed by atoms with Crippen LogP contribution in [-0.2, 0) is 21.2 Å². The third kappa shape index (κ3) is 5.83. The molecule has 128 valence electrons. The SMILES string of the molecule is NC(=O)Cc1ccc(SCCNS(=O)(=O)c2ccc(Cl)cc2)cc1. The number of amides is 1. The summed E-state index contributed by atoms with van der Waals surface area (Å²) in [4.78, 5) is 12.0. The summed E-state index contributed by atoms with van der Waals surface area (Å²) in [7, 11) is -3.53. The van der Waals surface area contributed by atoms with Gasteiger partial charge in [0.05, 0.1) is 11.3 Å². The van der Waals surface area contributed by atoms with Gasteiger partial charge < -0.3 is 5.73 Å². The molecule has 2 aromatic carbocycles. The van der Waals surface area contributed by atoms with E-state index in [1.54, 1.807) is 12.1 Å². The highest BCUT2D eigenvalue weighted by molar-refractivity contribution is 7.99. The number of sulfonamides is 1. The Kier molecular flexibility index (Phi) is 6.68. The lowest BCUT2D eigenvalue weighted by atomic mass is 10.1. The highest BCUT2D eigenvalue weighted by Gasteiger charge is 2.12. The Morgan fingerprint density at radius 3 is 2.29 bits per heavy atom. The van der Waals surface area contributed by atoms with Crippen molar-refractivity contribution in [1.29, 1.82) is 0 Å². The maximum atomic E-state index is 12.1. The van der Waals surface area contributed by atoms with Crippen molar-refractivity contribution in [1.82, 2.24) is 4.72 Å². The molecule has 0 unspecified atom stereocenters. The number of halogens is 1. The summed E-state index contributed by atoms with van der Waals surface area (Å²) in [5.41, 5.74) is 6.00. The lowest BCUT2D eigenvalue weighted by Crippen LogP contribution is -2.25. The Balaban J connectivity index is 1.82. The molecule has 0 aliphatic carbocycles. The van der Waals surface area contributed by atoms with E-state index in [1.807, 2.05) is 24.3 Å². The van der Waals surface area contributed by atoms with Crippen LogP contribution in [0.1, 0.15) is 5.56 Å². The Morgan fingerprint density at radius 2 is 1.71 bits per heavy atom. The molecule has 24 heavy (non-hydrogen) atoms. The van der Waals surface area contributed by atoms with Gasteiger partial charge in [0.15, 0.2) is 0 Å². The largest absolute Gasteiger partial charge is 0.369 e. The molecule has 0 bridgehead atoms. The van der Waals surface area contributed by atoms with Gasteiger partial charge in [-0.3, -0.25) is 4.79 Å². The number of nitrogens with one attached hydrogen (secondary N) is 1. The number of carbonyl (C=O) groups excluding carboxylic acids is 1. The first kappa shape index (κ1) is 18.8. The van der Waals surface area contributed by atoms with Crippen molar-refractivity contribution < 1.29 is 13.2 Å². The second-order valence-corrected chi connectivity index (χ2v) is 8.36. The van der Waals surface area contributed by atoms with Crippen LogP contribution in [0.15, 0.2) is 58.3 Å². The second kappa shape index (κ2) is 8.53. The molecule has 1 amide bonds. The van der Waals surface area contributed by atoms with Gasteiger partial charge in [-0.05, 0) is 42.0 Å². The number of nitrogens with two attached hydrogens (primary N) is 1. The molecule has 0 spiro atoms. The van der Waals surface area contributed by atoms with Crippen LogP contribution in [0.3, 0.4) is 0 Å². The van der Waals surface area contributed by atoms with E-state index in [2.05, 4.69) is 4.72 Å². The molecule has 2 aromatic rings. The van der Waals surface area contributed by atoms with Crippen LogP contribution in [0, 0.1) is 0 Å². The van der Waals surface area contributed by atoms with Gasteiger partial charge in [-0.1, -0.05) is 23.7 Å². The number of rotatable bonds is 8. The first-order chi connectivity index (χ1) is 11.4. The number of benzene rings is 2. The van der Waals surface area contributed by atoms with Crippen LogP contribution >= 0.6 is 23.4 Å². The summed E-state index contributed by atoms with van der Waals surface area (Å²) in [6.45, 7) is 0.304. The predicted molar refractivity (Wildman–Crippen MR) is 96.7 cm³/mol. The molecular formula is C16H17ClN2O3S2. The van der Waals surface area contributed by atoms with Crippen molar-refractivity contribution in [3.63, 3.8) is 0 Å². The highest BCUT2D eigenvalue weighted by atomic mass is 35.5. The highest BCUT2D eigenvalue weighted by Crippen LogP contribution is 2.18. The smallest absolute Gasteiger partial charge is 0.240 e. The number of primary amides is 1. The van der Waals surface area contributed by atoms with E-state index >= 15 is 0 Å². The summed E-state index contributed by atoms with van der Waals surface area (Å²) in [6.07, 6.45) is 0.214. The average Bonchev–Trinajstić information content (AvgIpc) is 2.53. The molecule has 0 atom stereocenters. The minimum absolute atomic E-state index is 0.188. The van der Waals surface area contributed by atoms with E-state index in [4.69, 9.17) is 17.3 Å². The minimum atomic E-state index is -3.53. The summed E-state index contributed by atoms with van der Waals surface area (Å²) >= 11 is 7.27. The van der Waals surface area contributed by atoms with Gasteiger partial charge in [-0.2, -0.15) is 0 Å². The quantitative estimate of drug-likeness (QED) is 0.540. The van der Waals surface area contributed by atoms with Gasteiger partial charge in [-0.25, -0.2) is 13.1 Å². The molecule has 0 saturated heterocycles. The van der Waals surface area contributed by atoms with Gasteiger partial charge in [0.1, 0.15) is 0 Å². The zero-order chi connectivity index (χ0) is 17.6. The van der Waals surface area contributed by atoms with Crippen LogP contribution < -0.4 is 10.5 Å². The fourth-order valence-corrected chi connectivity index (χ4v) is 4.00. The Hall–Kier alpha value is -1.54. The van der Waals surface area contributed by atoms with Crippen molar-refractivity contribution in [2.45, 2.75) is 16.2 Å². The van der Waals surface area contributed by atoms with Gasteiger partial charge in [0.2, 0.25) is 15.9 Å².